The summed E-state index contributed by atoms with van der Waals surface area (Å²) < 4.78 is 10.9. The van der Waals surface area contributed by atoms with Crippen LogP contribution in [-0.4, -0.2) is 57.3 Å². The van der Waals surface area contributed by atoms with Gasteiger partial charge in [0.05, 0.1) is 18.6 Å². The Morgan fingerprint density at radius 1 is 1.35 bits per heavy atom. The van der Waals surface area contributed by atoms with Crippen molar-refractivity contribution in [2.75, 3.05) is 0 Å². The quantitative estimate of drug-likeness (QED) is 0.432. The lowest BCUT2D eigenvalue weighted by Gasteiger charge is -2.32. The van der Waals surface area contributed by atoms with Crippen molar-refractivity contribution in [1.82, 2.24) is 0 Å². The van der Waals surface area contributed by atoms with Gasteiger partial charge in [0.15, 0.2) is 0 Å². The van der Waals surface area contributed by atoms with Gasteiger partial charge in [-0.1, -0.05) is 38.2 Å². The van der Waals surface area contributed by atoms with E-state index in [1.807, 2.05) is 32.1 Å². The van der Waals surface area contributed by atoms with Crippen LogP contribution in [-0.2, 0) is 19.1 Å². The molecule has 3 N–H and O–H groups in total. The van der Waals surface area contributed by atoms with Crippen molar-refractivity contribution < 1.29 is 34.4 Å². The molecule has 31 heavy (non-hydrogen) atoms. The first kappa shape index (κ1) is 27.1. The molecule has 0 amide bonds. The van der Waals surface area contributed by atoms with E-state index in [0.717, 1.165) is 6.42 Å². The van der Waals surface area contributed by atoms with E-state index >= 15 is 0 Å². The number of hydrogen-bond acceptors (Lipinski definition) is 7. The van der Waals surface area contributed by atoms with Gasteiger partial charge in [0.1, 0.15) is 17.8 Å². The topological polar surface area (TPSA) is 113 Å². The Morgan fingerprint density at radius 3 is 2.65 bits per heavy atom. The summed E-state index contributed by atoms with van der Waals surface area (Å²) in [5, 5.41) is 30.3. The third kappa shape index (κ3) is 10.8. The second-order valence-electron chi connectivity index (χ2n) is 8.75. The molecule has 0 bridgehead atoms. The smallest absolute Gasteiger partial charge is 0.309 e. The molecule has 1 heterocycles. The fourth-order valence-corrected chi connectivity index (χ4v) is 3.22. The van der Waals surface area contributed by atoms with E-state index in [-0.39, 0.29) is 31.1 Å². The number of carbonyl (C=O) groups is 2. The molecule has 0 aromatic rings. The molecule has 0 aromatic heterocycles. The number of carbonyl (C=O) groups excluding carboxylic acids is 2. The molecule has 7 nitrogen and oxygen atoms in total. The SMILES string of the molecule is CC(=O)O[C@H]1/C=C/[C@H](C)[C@H](/C=C/[C@H](C)C/C=C/[C@@H](C)O)OC(=O)C[C@H](O)CC[C@]1(C)O. The Kier molecular flexibility index (Phi) is 11.2. The largest absolute Gasteiger partial charge is 0.457 e. The summed E-state index contributed by atoms with van der Waals surface area (Å²) in [5.74, 6) is -1.13. The number of rotatable bonds is 6. The lowest BCUT2D eigenvalue weighted by molar-refractivity contribution is -0.157. The summed E-state index contributed by atoms with van der Waals surface area (Å²) >= 11 is 0. The standard InChI is InChI=1S/C24H38O7/c1-16(7-6-8-18(3)25)9-11-21-17(2)10-12-22(30-19(4)26)24(5,29)14-13-20(27)15-23(28)31-21/h6,8-12,16-18,20-22,25,27,29H,7,13-15H2,1-5H3/b8-6+,11-9+,12-10+/t16-,17+,18-,20-,21+,22+,24+/m1/s1. The number of aliphatic hydroxyl groups excluding tert-OH is 2. The third-order valence-electron chi connectivity index (χ3n) is 5.22. The number of allylic oxidation sites excluding steroid dienone is 2. The van der Waals surface area contributed by atoms with Crippen LogP contribution in [0.2, 0.25) is 0 Å². The van der Waals surface area contributed by atoms with Crippen molar-refractivity contribution in [1.29, 1.82) is 0 Å². The van der Waals surface area contributed by atoms with Crippen LogP contribution in [0, 0.1) is 11.8 Å². The monoisotopic (exact) mass is 438 g/mol. The van der Waals surface area contributed by atoms with Gasteiger partial charge in [-0.05, 0) is 51.2 Å². The van der Waals surface area contributed by atoms with Crippen molar-refractivity contribution in [3.8, 4) is 0 Å². The summed E-state index contributed by atoms with van der Waals surface area (Å²) in [6.45, 7) is 8.38. The highest BCUT2D eigenvalue weighted by molar-refractivity contribution is 5.70. The van der Waals surface area contributed by atoms with Gasteiger partial charge in [-0.15, -0.1) is 0 Å². The first-order valence-electron chi connectivity index (χ1n) is 10.9. The fourth-order valence-electron chi connectivity index (χ4n) is 3.22. The van der Waals surface area contributed by atoms with Crippen molar-refractivity contribution in [2.45, 2.75) is 90.3 Å². The zero-order chi connectivity index (χ0) is 23.6. The predicted molar refractivity (Wildman–Crippen MR) is 118 cm³/mol. The number of cyclic esters (lactones) is 1. The van der Waals surface area contributed by atoms with Crippen LogP contribution in [0.15, 0.2) is 36.5 Å². The van der Waals surface area contributed by atoms with Crippen molar-refractivity contribution in [3.05, 3.63) is 36.5 Å². The van der Waals surface area contributed by atoms with Crippen molar-refractivity contribution in [2.24, 2.45) is 11.8 Å². The Labute approximate surface area is 185 Å². The van der Waals surface area contributed by atoms with E-state index in [1.54, 1.807) is 32.1 Å². The van der Waals surface area contributed by atoms with Crippen LogP contribution in [0.5, 0.6) is 0 Å². The fraction of sp³-hybridized carbons (Fsp3) is 0.667. The summed E-state index contributed by atoms with van der Waals surface area (Å²) in [7, 11) is 0. The molecule has 176 valence electrons. The van der Waals surface area contributed by atoms with Crippen molar-refractivity contribution >= 4 is 11.9 Å². The van der Waals surface area contributed by atoms with E-state index in [9.17, 15) is 24.9 Å². The number of aliphatic hydroxyl groups is 3. The van der Waals surface area contributed by atoms with Gasteiger partial charge in [0, 0.05) is 12.8 Å². The van der Waals surface area contributed by atoms with Gasteiger partial charge in [-0.25, -0.2) is 0 Å². The van der Waals surface area contributed by atoms with E-state index in [1.165, 1.54) is 6.92 Å². The molecule has 0 spiro atoms. The minimum absolute atomic E-state index is 0.152. The molecule has 7 atom stereocenters. The van der Waals surface area contributed by atoms with Gasteiger partial charge < -0.3 is 24.8 Å². The Morgan fingerprint density at radius 2 is 2.03 bits per heavy atom. The highest BCUT2D eigenvalue weighted by atomic mass is 16.6. The maximum absolute atomic E-state index is 12.3. The lowest BCUT2D eigenvalue weighted by Crippen LogP contribution is -2.42. The van der Waals surface area contributed by atoms with Crippen LogP contribution in [0.1, 0.15) is 60.3 Å². The summed E-state index contributed by atoms with van der Waals surface area (Å²) in [5.41, 5.74) is -1.39. The first-order chi connectivity index (χ1) is 14.4. The predicted octanol–water partition coefficient (Wildman–Crippen LogP) is 2.84. The zero-order valence-electron chi connectivity index (χ0n) is 19.2. The second-order valence-corrected chi connectivity index (χ2v) is 8.75. The first-order valence-corrected chi connectivity index (χ1v) is 10.9. The Bertz CT molecular complexity index is 663. The normalized spacial score (nSPS) is 33.9. The molecule has 0 unspecified atom stereocenters. The van der Waals surface area contributed by atoms with Gasteiger partial charge in [-0.2, -0.15) is 0 Å². The average Bonchev–Trinajstić information content (AvgIpc) is 2.65. The third-order valence-corrected chi connectivity index (χ3v) is 5.22. The maximum atomic E-state index is 12.3. The molecule has 1 aliphatic heterocycles. The number of ether oxygens (including phenoxy) is 2. The van der Waals surface area contributed by atoms with Gasteiger partial charge in [0.25, 0.3) is 0 Å². The van der Waals surface area contributed by atoms with E-state index in [4.69, 9.17) is 9.47 Å². The van der Waals surface area contributed by atoms with Gasteiger partial charge in [0.2, 0.25) is 0 Å². The zero-order valence-corrected chi connectivity index (χ0v) is 19.2. The molecule has 7 heteroatoms. The molecule has 0 radical (unpaired) electrons. The van der Waals surface area contributed by atoms with Crippen LogP contribution < -0.4 is 0 Å². The highest BCUT2D eigenvalue weighted by Crippen LogP contribution is 2.25. The molecule has 1 rings (SSSR count). The average molecular weight is 439 g/mol. The van der Waals surface area contributed by atoms with Crippen LogP contribution in [0.4, 0.5) is 0 Å². The summed E-state index contributed by atoms with van der Waals surface area (Å²) in [4.78, 5) is 23.8. The van der Waals surface area contributed by atoms with E-state index < -0.39 is 42.0 Å². The van der Waals surface area contributed by atoms with Crippen LogP contribution >= 0.6 is 0 Å². The Hall–Kier alpha value is -1.96. The second kappa shape index (κ2) is 12.8. The minimum Gasteiger partial charge on any atom is -0.457 e. The highest BCUT2D eigenvalue weighted by Gasteiger charge is 2.34. The molecule has 0 saturated carbocycles. The molecule has 1 aliphatic rings. The summed E-state index contributed by atoms with van der Waals surface area (Å²) in [6, 6.07) is 0. The number of esters is 2. The molecule has 0 saturated heterocycles. The summed E-state index contributed by atoms with van der Waals surface area (Å²) in [6.07, 6.45) is 8.68. The van der Waals surface area contributed by atoms with E-state index in [2.05, 4.69) is 0 Å². The molecular formula is C24H38O7. The maximum Gasteiger partial charge on any atom is 0.309 e. The lowest BCUT2D eigenvalue weighted by atomic mass is 9.89. The van der Waals surface area contributed by atoms with Gasteiger partial charge >= 0.3 is 11.9 Å². The van der Waals surface area contributed by atoms with Gasteiger partial charge in [-0.3, -0.25) is 9.59 Å². The van der Waals surface area contributed by atoms with Crippen molar-refractivity contribution in [3.63, 3.8) is 0 Å². The molecule has 0 fully saturated rings. The van der Waals surface area contributed by atoms with Crippen LogP contribution in [0.25, 0.3) is 0 Å². The molecule has 0 aliphatic carbocycles. The Balaban J connectivity index is 3.07. The molecule has 0 aromatic carbocycles. The minimum atomic E-state index is -1.39. The van der Waals surface area contributed by atoms with Crippen LogP contribution in [0.3, 0.4) is 0 Å². The molecular weight excluding hydrogens is 400 g/mol. The number of hydrogen-bond donors (Lipinski definition) is 3. The van der Waals surface area contributed by atoms with E-state index in [0.29, 0.717) is 0 Å².